The first-order valence-electron chi connectivity index (χ1n) is 10.4. The highest BCUT2D eigenvalue weighted by atomic mass is 31.2. The quantitative estimate of drug-likeness (QED) is 0.619. The number of phosphoric acid groups is 1. The average Bonchev–Trinajstić information content (AvgIpc) is 3.11. The molecule has 168 valence electrons. The fraction of sp³-hybridized carbons (Fsp3) is 0.636. The van der Waals surface area contributed by atoms with Crippen LogP contribution in [-0.4, -0.2) is 52.0 Å². The normalized spacial score (nSPS) is 27.2. The van der Waals surface area contributed by atoms with E-state index in [4.69, 9.17) is 23.0 Å². The highest BCUT2D eigenvalue weighted by Gasteiger charge is 2.41. The second kappa shape index (κ2) is 9.73. The summed E-state index contributed by atoms with van der Waals surface area (Å²) >= 11 is 0. The van der Waals surface area contributed by atoms with Crippen molar-refractivity contribution in [2.45, 2.75) is 39.2 Å². The van der Waals surface area contributed by atoms with Crippen LogP contribution in [0.25, 0.3) is 0 Å². The first-order valence-corrected chi connectivity index (χ1v) is 11.9. The lowest BCUT2D eigenvalue weighted by Crippen LogP contribution is -2.31. The molecule has 1 aliphatic carbocycles. The van der Waals surface area contributed by atoms with Gasteiger partial charge in [0.25, 0.3) is 0 Å². The van der Waals surface area contributed by atoms with Gasteiger partial charge in [-0.15, -0.1) is 0 Å². The number of nitrogens with zero attached hydrogens (tertiary/aromatic N) is 1. The van der Waals surface area contributed by atoms with E-state index < -0.39 is 7.82 Å². The summed E-state index contributed by atoms with van der Waals surface area (Å²) < 4.78 is 38.8. The van der Waals surface area contributed by atoms with Crippen molar-refractivity contribution in [3.63, 3.8) is 0 Å². The predicted octanol–water partition coefficient (Wildman–Crippen LogP) is 4.89. The fourth-order valence-corrected chi connectivity index (χ4v) is 5.51. The van der Waals surface area contributed by atoms with E-state index >= 15 is 0 Å². The van der Waals surface area contributed by atoms with Crippen molar-refractivity contribution in [2.24, 2.45) is 11.3 Å². The van der Waals surface area contributed by atoms with Crippen LogP contribution in [0.5, 0.6) is 11.5 Å². The Labute approximate surface area is 179 Å². The van der Waals surface area contributed by atoms with Gasteiger partial charge in [0.15, 0.2) is 11.5 Å². The summed E-state index contributed by atoms with van der Waals surface area (Å²) in [5.41, 5.74) is -0.102. The smallest absolute Gasteiger partial charge is 0.493 e. The number of phosphoric ester groups is 1. The van der Waals surface area contributed by atoms with Crippen LogP contribution >= 0.6 is 7.82 Å². The zero-order valence-corrected chi connectivity index (χ0v) is 19.5. The number of fused-ring (bicyclic) bond motifs is 1. The first-order chi connectivity index (χ1) is 14.3. The number of allylic oxidation sites excluding steroid dienone is 1. The lowest BCUT2D eigenvalue weighted by Gasteiger charge is -2.34. The molecule has 7 nitrogen and oxygen atoms in total. The molecule has 1 aromatic rings. The number of ether oxygens (including phenoxy) is 2. The van der Waals surface area contributed by atoms with Crippen molar-refractivity contribution in [3.8, 4) is 11.5 Å². The molecule has 2 saturated heterocycles. The summed E-state index contributed by atoms with van der Waals surface area (Å²) in [4.78, 5) is 2.33. The molecule has 0 saturated carbocycles. The van der Waals surface area contributed by atoms with Crippen LogP contribution < -0.4 is 9.47 Å². The van der Waals surface area contributed by atoms with Crippen molar-refractivity contribution < 1.29 is 27.6 Å². The number of hydrogen-bond donors (Lipinski definition) is 0. The molecule has 0 amide bonds. The topological polar surface area (TPSA) is 66.5 Å². The van der Waals surface area contributed by atoms with Crippen LogP contribution in [0.15, 0.2) is 36.1 Å². The van der Waals surface area contributed by atoms with Gasteiger partial charge in [0.1, 0.15) is 5.76 Å². The third-order valence-electron chi connectivity index (χ3n) is 5.71. The molecule has 2 aliphatic heterocycles. The van der Waals surface area contributed by atoms with Gasteiger partial charge in [-0.05, 0) is 50.6 Å². The third kappa shape index (κ3) is 5.79. The molecule has 3 aliphatic rings. The van der Waals surface area contributed by atoms with Crippen molar-refractivity contribution in [1.82, 2.24) is 4.90 Å². The third-order valence-corrected chi connectivity index (χ3v) is 7.06. The van der Waals surface area contributed by atoms with E-state index in [1.165, 1.54) is 6.42 Å². The van der Waals surface area contributed by atoms with E-state index in [0.29, 0.717) is 25.2 Å². The molecule has 2 fully saturated rings. The summed E-state index contributed by atoms with van der Waals surface area (Å²) in [6.45, 7) is 5.98. The van der Waals surface area contributed by atoms with Crippen LogP contribution in [0.1, 0.15) is 33.1 Å². The second-order valence-corrected chi connectivity index (χ2v) is 10.4. The van der Waals surface area contributed by atoms with E-state index in [-0.39, 0.29) is 5.41 Å². The highest BCUT2D eigenvalue weighted by Crippen LogP contribution is 2.57. The first kappa shape index (κ1) is 23.1. The Balaban J connectivity index is 0.000000216. The number of methoxy groups -OCH3 is 2. The lowest BCUT2D eigenvalue weighted by molar-refractivity contribution is 0.00815. The number of para-hydroxylation sites is 2. The fourth-order valence-electron chi connectivity index (χ4n) is 3.88. The monoisotopic (exact) mass is 439 g/mol. The maximum absolute atomic E-state index is 12.4. The Kier molecular flexibility index (Phi) is 7.51. The second-order valence-electron chi connectivity index (χ2n) is 8.80. The summed E-state index contributed by atoms with van der Waals surface area (Å²) in [5.74, 6) is 3.01. The maximum atomic E-state index is 12.4. The van der Waals surface area contributed by atoms with Crippen LogP contribution in [0.3, 0.4) is 0 Å². The molecule has 4 rings (SSSR count). The van der Waals surface area contributed by atoms with Gasteiger partial charge in [0, 0.05) is 17.9 Å². The van der Waals surface area contributed by atoms with E-state index in [1.807, 2.05) is 38.1 Å². The molecule has 0 radical (unpaired) electrons. The summed E-state index contributed by atoms with van der Waals surface area (Å²) in [5, 5.41) is 0. The minimum absolute atomic E-state index is 0.102. The predicted molar refractivity (Wildman–Crippen MR) is 116 cm³/mol. The van der Waals surface area contributed by atoms with Gasteiger partial charge < -0.3 is 14.0 Å². The minimum atomic E-state index is -3.40. The zero-order valence-electron chi connectivity index (χ0n) is 18.6. The lowest BCUT2D eigenvalue weighted by atomic mass is 9.89. The Morgan fingerprint density at radius 3 is 2.23 bits per heavy atom. The molecular weight excluding hydrogens is 405 g/mol. The van der Waals surface area contributed by atoms with Crippen molar-refractivity contribution in [1.29, 1.82) is 0 Å². The Morgan fingerprint density at radius 1 is 1.07 bits per heavy atom. The number of likely N-dealkylation sites (N-methyl/N-ethyl adjacent to an activating group) is 1. The SMILES string of the molecule is CN1CCC2CCC(OP3(=O)OCC(C)(C)CO3)=CC21.COc1ccccc1OC. The standard InChI is InChI=1S/C14H24NO4P.C8H10O2/c1-14(2)9-17-20(16,18-10-14)19-12-5-4-11-6-7-15(3)13(11)8-12;1-9-7-5-3-4-6-8(7)10-2/h8,11,13H,4-7,9-10H2,1-3H3;3-6H,1-2H3. The summed E-state index contributed by atoms with van der Waals surface area (Å²) in [6.07, 6.45) is 5.26. The van der Waals surface area contributed by atoms with Gasteiger partial charge >= 0.3 is 7.82 Å². The van der Waals surface area contributed by atoms with Crippen molar-refractivity contribution in [2.75, 3.05) is 41.0 Å². The van der Waals surface area contributed by atoms with E-state index in [9.17, 15) is 4.57 Å². The average molecular weight is 439 g/mol. The molecule has 0 N–H and O–H groups in total. The van der Waals surface area contributed by atoms with Gasteiger partial charge in [0.2, 0.25) is 0 Å². The van der Waals surface area contributed by atoms with Gasteiger partial charge in [0.05, 0.1) is 27.4 Å². The number of hydrogen-bond acceptors (Lipinski definition) is 7. The highest BCUT2D eigenvalue weighted by molar-refractivity contribution is 7.48. The molecule has 2 unspecified atom stereocenters. The van der Waals surface area contributed by atoms with Crippen LogP contribution in [0.2, 0.25) is 0 Å². The summed E-state index contributed by atoms with van der Waals surface area (Å²) in [6, 6.07) is 7.94. The number of rotatable bonds is 4. The van der Waals surface area contributed by atoms with Crippen LogP contribution in [-0.2, 0) is 18.1 Å². The Bertz CT molecular complexity index is 759. The Hall–Kier alpha value is -1.53. The molecule has 0 spiro atoms. The summed E-state index contributed by atoms with van der Waals surface area (Å²) in [7, 11) is 1.97. The number of likely N-dealkylation sites (tertiary alicyclic amines) is 1. The van der Waals surface area contributed by atoms with Crippen molar-refractivity contribution >= 4 is 7.82 Å². The van der Waals surface area contributed by atoms with Crippen LogP contribution in [0.4, 0.5) is 0 Å². The zero-order chi connectivity index (χ0) is 21.8. The number of benzene rings is 1. The van der Waals surface area contributed by atoms with Crippen LogP contribution in [0, 0.1) is 11.3 Å². The van der Waals surface area contributed by atoms with E-state index in [2.05, 4.69) is 18.0 Å². The minimum Gasteiger partial charge on any atom is -0.493 e. The van der Waals surface area contributed by atoms with Crippen molar-refractivity contribution in [3.05, 3.63) is 36.1 Å². The van der Waals surface area contributed by atoms with E-state index in [1.54, 1.807) is 14.2 Å². The molecule has 8 heteroatoms. The molecule has 1 aromatic carbocycles. The van der Waals surface area contributed by atoms with Gasteiger partial charge in [-0.2, -0.15) is 0 Å². The van der Waals surface area contributed by atoms with Gasteiger partial charge in [-0.3, -0.25) is 13.9 Å². The molecular formula is C22H34NO6P. The molecule has 0 bridgehead atoms. The van der Waals surface area contributed by atoms with Gasteiger partial charge in [-0.1, -0.05) is 26.0 Å². The van der Waals surface area contributed by atoms with E-state index in [0.717, 1.165) is 36.6 Å². The molecule has 0 aromatic heterocycles. The maximum Gasteiger partial charge on any atom is 0.529 e. The molecule has 2 heterocycles. The van der Waals surface area contributed by atoms with Gasteiger partial charge in [-0.25, -0.2) is 4.57 Å². The molecule has 2 atom stereocenters. The molecule has 30 heavy (non-hydrogen) atoms. The largest absolute Gasteiger partial charge is 0.529 e. The Morgan fingerprint density at radius 2 is 1.67 bits per heavy atom.